The average Bonchev–Trinajstić information content (AvgIpc) is 2.68. The number of hydrogen-bond acceptors (Lipinski definition) is 5. The molecule has 0 saturated heterocycles. The van der Waals surface area contributed by atoms with E-state index in [-0.39, 0.29) is 12.5 Å². The number of rotatable bonds is 3. The lowest BCUT2D eigenvalue weighted by Gasteiger charge is -1.95. The van der Waals surface area contributed by atoms with E-state index in [0.717, 1.165) is 5.56 Å². The molecule has 0 bridgehead atoms. The SMILES string of the molecule is COCn1nnc(-c2ccc(O)cc2)n1. The highest BCUT2D eigenvalue weighted by Gasteiger charge is 2.04. The molecule has 0 aliphatic carbocycles. The Balaban J connectivity index is 2.25. The predicted octanol–water partition coefficient (Wildman–Crippen LogP) is 0.650. The summed E-state index contributed by atoms with van der Waals surface area (Å²) in [6.07, 6.45) is 0. The van der Waals surface area contributed by atoms with Crippen molar-refractivity contribution in [2.45, 2.75) is 6.73 Å². The molecule has 15 heavy (non-hydrogen) atoms. The number of ether oxygens (including phenoxy) is 1. The minimum absolute atomic E-state index is 0.211. The molecule has 0 spiro atoms. The molecule has 0 amide bonds. The summed E-state index contributed by atoms with van der Waals surface area (Å²) >= 11 is 0. The van der Waals surface area contributed by atoms with E-state index >= 15 is 0 Å². The zero-order valence-electron chi connectivity index (χ0n) is 8.16. The summed E-state index contributed by atoms with van der Waals surface area (Å²) in [5.41, 5.74) is 0.801. The maximum absolute atomic E-state index is 9.11. The van der Waals surface area contributed by atoms with Crippen molar-refractivity contribution >= 4 is 0 Å². The lowest BCUT2D eigenvalue weighted by molar-refractivity contribution is 0.107. The maximum Gasteiger partial charge on any atom is 0.205 e. The number of methoxy groups -OCH3 is 1. The van der Waals surface area contributed by atoms with Crippen molar-refractivity contribution in [2.24, 2.45) is 0 Å². The smallest absolute Gasteiger partial charge is 0.205 e. The van der Waals surface area contributed by atoms with Crippen LogP contribution in [0.4, 0.5) is 0 Å². The maximum atomic E-state index is 9.11. The molecule has 2 aromatic rings. The molecule has 1 heterocycles. The Hall–Kier alpha value is -1.95. The highest BCUT2D eigenvalue weighted by Crippen LogP contribution is 2.17. The first kappa shape index (κ1) is 9.60. The predicted molar refractivity (Wildman–Crippen MR) is 51.9 cm³/mol. The number of tetrazole rings is 1. The van der Waals surface area contributed by atoms with Gasteiger partial charge >= 0.3 is 0 Å². The summed E-state index contributed by atoms with van der Waals surface area (Å²) in [5.74, 6) is 0.718. The summed E-state index contributed by atoms with van der Waals surface area (Å²) in [4.78, 5) is 1.35. The van der Waals surface area contributed by atoms with E-state index in [4.69, 9.17) is 9.84 Å². The van der Waals surface area contributed by atoms with Gasteiger partial charge in [-0.1, -0.05) is 0 Å². The third kappa shape index (κ3) is 2.10. The minimum Gasteiger partial charge on any atom is -0.508 e. The molecule has 1 N–H and O–H groups in total. The monoisotopic (exact) mass is 206 g/mol. The number of aromatic nitrogens is 4. The van der Waals surface area contributed by atoms with Crippen LogP contribution in [0.15, 0.2) is 24.3 Å². The summed E-state index contributed by atoms with van der Waals surface area (Å²) in [6, 6.07) is 6.60. The number of phenols is 1. The van der Waals surface area contributed by atoms with Crippen molar-refractivity contribution in [3.8, 4) is 17.1 Å². The molecule has 0 aliphatic rings. The van der Waals surface area contributed by atoms with Crippen molar-refractivity contribution in [2.75, 3.05) is 7.11 Å². The van der Waals surface area contributed by atoms with Crippen molar-refractivity contribution < 1.29 is 9.84 Å². The van der Waals surface area contributed by atoms with E-state index in [1.165, 1.54) is 4.80 Å². The Kier molecular flexibility index (Phi) is 2.59. The second kappa shape index (κ2) is 4.05. The van der Waals surface area contributed by atoms with E-state index in [0.29, 0.717) is 5.82 Å². The number of aromatic hydroxyl groups is 1. The van der Waals surface area contributed by atoms with E-state index in [2.05, 4.69) is 15.4 Å². The molecule has 78 valence electrons. The van der Waals surface area contributed by atoms with Gasteiger partial charge in [-0.05, 0) is 29.5 Å². The summed E-state index contributed by atoms with van der Waals surface area (Å²) in [7, 11) is 1.56. The average molecular weight is 206 g/mol. The molecular weight excluding hydrogens is 196 g/mol. The molecule has 6 nitrogen and oxygen atoms in total. The van der Waals surface area contributed by atoms with Crippen molar-refractivity contribution in [3.05, 3.63) is 24.3 Å². The molecule has 1 aromatic heterocycles. The standard InChI is InChI=1S/C9H10N4O2/c1-15-6-13-11-9(10-12-13)7-2-4-8(14)5-3-7/h2-5,14H,6H2,1H3. The van der Waals surface area contributed by atoms with Crippen LogP contribution in [0.1, 0.15) is 0 Å². The van der Waals surface area contributed by atoms with Gasteiger partial charge in [0.1, 0.15) is 5.75 Å². The molecule has 0 unspecified atom stereocenters. The molecule has 0 atom stereocenters. The van der Waals surface area contributed by atoms with Gasteiger partial charge in [0.15, 0.2) is 6.73 Å². The van der Waals surface area contributed by atoms with Crippen LogP contribution in [0.2, 0.25) is 0 Å². The molecule has 0 fully saturated rings. The third-order valence-corrected chi connectivity index (χ3v) is 1.82. The zero-order valence-corrected chi connectivity index (χ0v) is 8.16. The summed E-state index contributed by atoms with van der Waals surface area (Å²) in [5, 5.41) is 20.8. The molecule has 2 rings (SSSR count). The van der Waals surface area contributed by atoms with E-state index in [1.807, 2.05) is 0 Å². The van der Waals surface area contributed by atoms with Crippen LogP contribution >= 0.6 is 0 Å². The Morgan fingerprint density at radius 2 is 2.07 bits per heavy atom. The number of hydrogen-bond donors (Lipinski definition) is 1. The van der Waals surface area contributed by atoms with Crippen LogP contribution in [0, 0.1) is 0 Å². The largest absolute Gasteiger partial charge is 0.508 e. The fourth-order valence-electron chi connectivity index (χ4n) is 1.14. The molecule has 0 aliphatic heterocycles. The Morgan fingerprint density at radius 1 is 1.33 bits per heavy atom. The van der Waals surface area contributed by atoms with Crippen molar-refractivity contribution in [1.29, 1.82) is 0 Å². The van der Waals surface area contributed by atoms with E-state index in [1.54, 1.807) is 31.4 Å². The first-order valence-corrected chi connectivity index (χ1v) is 4.36. The van der Waals surface area contributed by atoms with Gasteiger partial charge in [-0.25, -0.2) is 0 Å². The molecule has 6 heteroatoms. The van der Waals surface area contributed by atoms with Crippen molar-refractivity contribution in [1.82, 2.24) is 20.2 Å². The van der Waals surface area contributed by atoms with E-state index < -0.39 is 0 Å². The fraction of sp³-hybridized carbons (Fsp3) is 0.222. The van der Waals surface area contributed by atoms with Crippen LogP contribution in [-0.4, -0.2) is 32.4 Å². The molecule has 0 radical (unpaired) electrons. The van der Waals surface area contributed by atoms with Crippen LogP contribution in [0.25, 0.3) is 11.4 Å². The molecule has 1 aromatic carbocycles. The lowest BCUT2D eigenvalue weighted by Crippen LogP contribution is -2.03. The van der Waals surface area contributed by atoms with Crippen molar-refractivity contribution in [3.63, 3.8) is 0 Å². The second-order valence-corrected chi connectivity index (χ2v) is 2.95. The number of nitrogens with zero attached hydrogens (tertiary/aromatic N) is 4. The zero-order chi connectivity index (χ0) is 10.7. The Labute approximate surface area is 86.1 Å². The number of phenolic OH excluding ortho intramolecular Hbond substituents is 1. The summed E-state index contributed by atoms with van der Waals surface area (Å²) < 4.78 is 4.85. The van der Waals surface area contributed by atoms with Gasteiger partial charge in [0, 0.05) is 12.7 Å². The van der Waals surface area contributed by atoms with Gasteiger partial charge in [-0.3, -0.25) is 0 Å². The first-order chi connectivity index (χ1) is 7.29. The van der Waals surface area contributed by atoms with Gasteiger partial charge in [0.05, 0.1) is 0 Å². The van der Waals surface area contributed by atoms with Crippen LogP contribution in [0.5, 0.6) is 5.75 Å². The molecule has 0 saturated carbocycles. The van der Waals surface area contributed by atoms with Crippen LogP contribution in [0.3, 0.4) is 0 Å². The van der Waals surface area contributed by atoms with E-state index in [9.17, 15) is 0 Å². The highest BCUT2D eigenvalue weighted by atomic mass is 16.5. The normalized spacial score (nSPS) is 10.5. The Bertz CT molecular complexity index is 438. The summed E-state index contributed by atoms with van der Waals surface area (Å²) in [6.45, 7) is 0.269. The minimum atomic E-state index is 0.211. The lowest BCUT2D eigenvalue weighted by atomic mass is 10.2. The topological polar surface area (TPSA) is 73.1 Å². The highest BCUT2D eigenvalue weighted by molar-refractivity contribution is 5.54. The third-order valence-electron chi connectivity index (χ3n) is 1.82. The van der Waals surface area contributed by atoms with Crippen LogP contribution in [-0.2, 0) is 11.5 Å². The number of benzene rings is 1. The van der Waals surface area contributed by atoms with Gasteiger partial charge in [-0.15, -0.1) is 15.0 Å². The fourth-order valence-corrected chi connectivity index (χ4v) is 1.14. The van der Waals surface area contributed by atoms with Gasteiger partial charge in [0.2, 0.25) is 5.82 Å². The van der Waals surface area contributed by atoms with Gasteiger partial charge in [0.25, 0.3) is 0 Å². The quantitative estimate of drug-likeness (QED) is 0.798. The molecular formula is C9H10N4O2. The van der Waals surface area contributed by atoms with Crippen LogP contribution < -0.4 is 0 Å². The Morgan fingerprint density at radius 3 is 2.73 bits per heavy atom. The van der Waals surface area contributed by atoms with Gasteiger partial charge in [-0.2, -0.15) is 0 Å². The first-order valence-electron chi connectivity index (χ1n) is 4.36. The van der Waals surface area contributed by atoms with Gasteiger partial charge < -0.3 is 9.84 Å². The second-order valence-electron chi connectivity index (χ2n) is 2.95.